The number of carbonyl (C=O) groups excluding carboxylic acids is 2. The molecule has 0 aliphatic heterocycles. The van der Waals surface area contributed by atoms with Crippen LogP contribution in [0.1, 0.15) is 31.8 Å². The van der Waals surface area contributed by atoms with E-state index in [1.807, 2.05) is 13.0 Å². The number of aryl methyl sites for hydroxylation is 1. The van der Waals surface area contributed by atoms with Crippen LogP contribution >= 0.6 is 23.2 Å². The van der Waals surface area contributed by atoms with Gasteiger partial charge < -0.3 is 4.74 Å². The number of amides is 1. The maximum absolute atomic E-state index is 12.2. The van der Waals surface area contributed by atoms with E-state index in [9.17, 15) is 9.59 Å². The van der Waals surface area contributed by atoms with Crippen molar-refractivity contribution >= 4 is 41.3 Å². The van der Waals surface area contributed by atoms with Crippen molar-refractivity contribution in [1.29, 1.82) is 0 Å². The van der Waals surface area contributed by atoms with Crippen molar-refractivity contribution in [3.05, 3.63) is 99.0 Å². The molecule has 3 aromatic carbocycles. The molecule has 0 radical (unpaired) electrons. The van der Waals surface area contributed by atoms with Crippen LogP contribution in [0.5, 0.6) is 5.75 Å². The Hall–Kier alpha value is -3.15. The van der Waals surface area contributed by atoms with Gasteiger partial charge in [0.25, 0.3) is 5.91 Å². The van der Waals surface area contributed by atoms with Crippen LogP contribution in [0.25, 0.3) is 0 Å². The molecular formula is C22H16Cl2N2O3. The van der Waals surface area contributed by atoms with Crippen LogP contribution in [0.2, 0.25) is 10.0 Å². The fraction of sp³-hybridized carbons (Fsp3) is 0.0455. The van der Waals surface area contributed by atoms with Crippen LogP contribution in [0.4, 0.5) is 0 Å². The van der Waals surface area contributed by atoms with Crippen LogP contribution in [0.3, 0.4) is 0 Å². The van der Waals surface area contributed by atoms with E-state index < -0.39 is 11.9 Å². The van der Waals surface area contributed by atoms with Crippen molar-refractivity contribution in [2.75, 3.05) is 0 Å². The molecule has 7 heteroatoms. The average molecular weight is 427 g/mol. The lowest BCUT2D eigenvalue weighted by Gasteiger charge is -2.05. The zero-order valence-corrected chi connectivity index (χ0v) is 16.9. The van der Waals surface area contributed by atoms with E-state index >= 15 is 0 Å². The number of hydrogen-bond acceptors (Lipinski definition) is 4. The number of ether oxygens (including phenoxy) is 1. The number of hydrogen-bond donors (Lipinski definition) is 1. The molecule has 0 unspecified atom stereocenters. The molecule has 0 spiro atoms. The lowest BCUT2D eigenvalue weighted by Crippen LogP contribution is -2.18. The summed E-state index contributed by atoms with van der Waals surface area (Å²) < 4.78 is 5.36. The smallest absolute Gasteiger partial charge is 0.343 e. The predicted octanol–water partition coefficient (Wildman–Crippen LogP) is 5.28. The molecule has 0 fully saturated rings. The molecule has 5 nitrogen and oxygen atoms in total. The first-order valence-corrected chi connectivity index (χ1v) is 9.35. The van der Waals surface area contributed by atoms with Gasteiger partial charge in [-0.1, -0.05) is 40.9 Å². The molecule has 29 heavy (non-hydrogen) atoms. The monoisotopic (exact) mass is 426 g/mol. The second-order valence-electron chi connectivity index (χ2n) is 6.15. The molecule has 0 heterocycles. The summed E-state index contributed by atoms with van der Waals surface area (Å²) in [6.07, 6.45) is 1.47. The molecule has 1 N–H and O–H groups in total. The fourth-order valence-corrected chi connectivity index (χ4v) is 2.95. The van der Waals surface area contributed by atoms with Crippen molar-refractivity contribution in [3.63, 3.8) is 0 Å². The van der Waals surface area contributed by atoms with Gasteiger partial charge in [-0.05, 0) is 67.1 Å². The van der Waals surface area contributed by atoms with E-state index in [1.54, 1.807) is 48.5 Å². The minimum Gasteiger partial charge on any atom is -0.423 e. The van der Waals surface area contributed by atoms with Crippen LogP contribution in [0, 0.1) is 6.92 Å². The Kier molecular flexibility index (Phi) is 6.65. The van der Waals surface area contributed by atoms with Gasteiger partial charge in [-0.3, -0.25) is 4.79 Å². The number of nitrogens with one attached hydrogen (secondary N) is 1. The number of carbonyl (C=O) groups is 2. The Morgan fingerprint density at radius 3 is 2.45 bits per heavy atom. The van der Waals surface area contributed by atoms with Gasteiger partial charge in [0.1, 0.15) is 5.75 Å². The van der Waals surface area contributed by atoms with E-state index in [0.717, 1.165) is 5.56 Å². The zero-order chi connectivity index (χ0) is 20.8. The molecule has 0 aliphatic carbocycles. The molecule has 3 rings (SSSR count). The van der Waals surface area contributed by atoms with Crippen molar-refractivity contribution in [1.82, 2.24) is 5.43 Å². The van der Waals surface area contributed by atoms with Crippen LogP contribution in [-0.4, -0.2) is 18.1 Å². The highest BCUT2D eigenvalue weighted by Crippen LogP contribution is 2.20. The maximum Gasteiger partial charge on any atom is 0.343 e. The van der Waals surface area contributed by atoms with Gasteiger partial charge in [-0.25, -0.2) is 10.2 Å². The normalized spacial score (nSPS) is 10.7. The van der Waals surface area contributed by atoms with Crippen molar-refractivity contribution in [2.24, 2.45) is 5.10 Å². The first-order chi connectivity index (χ1) is 13.9. The van der Waals surface area contributed by atoms with Gasteiger partial charge in [0.05, 0.1) is 22.4 Å². The van der Waals surface area contributed by atoms with E-state index in [4.69, 9.17) is 27.9 Å². The summed E-state index contributed by atoms with van der Waals surface area (Å²) in [6.45, 7) is 1.91. The summed E-state index contributed by atoms with van der Waals surface area (Å²) in [5.41, 5.74) is 4.84. The number of hydrazone groups is 1. The van der Waals surface area contributed by atoms with Crippen molar-refractivity contribution in [3.8, 4) is 5.75 Å². The highest BCUT2D eigenvalue weighted by atomic mass is 35.5. The molecule has 0 aliphatic rings. The molecule has 146 valence electrons. The molecule has 0 aromatic heterocycles. The van der Waals surface area contributed by atoms with Crippen LogP contribution < -0.4 is 10.2 Å². The Labute approximate surface area is 177 Å². The zero-order valence-electron chi connectivity index (χ0n) is 15.4. The summed E-state index contributed by atoms with van der Waals surface area (Å²) in [7, 11) is 0. The third kappa shape index (κ3) is 5.67. The summed E-state index contributed by atoms with van der Waals surface area (Å²) in [6, 6.07) is 18.5. The third-order valence-corrected chi connectivity index (χ3v) is 4.45. The second-order valence-corrected chi connectivity index (χ2v) is 6.99. The van der Waals surface area contributed by atoms with Gasteiger partial charge >= 0.3 is 5.97 Å². The van der Waals surface area contributed by atoms with Gasteiger partial charge in [0.2, 0.25) is 0 Å². The number of halogens is 2. The number of esters is 1. The van der Waals surface area contributed by atoms with Crippen molar-refractivity contribution in [2.45, 2.75) is 6.92 Å². The minimum absolute atomic E-state index is 0.241. The molecule has 0 bridgehead atoms. The van der Waals surface area contributed by atoms with Gasteiger partial charge in [-0.15, -0.1) is 0 Å². The molecule has 0 atom stereocenters. The standard InChI is InChI=1S/C22H16Cl2N2O3/c1-14-3-2-4-16(11-14)22(28)29-18-8-5-15(6-9-18)13-25-26-21(27)19-10-7-17(23)12-20(19)24/h2-13H,1H3,(H,26,27)/b25-13-. The lowest BCUT2D eigenvalue weighted by atomic mass is 10.1. The molecular weight excluding hydrogens is 411 g/mol. The predicted molar refractivity (Wildman–Crippen MR) is 114 cm³/mol. The number of rotatable bonds is 5. The Morgan fingerprint density at radius 2 is 1.76 bits per heavy atom. The van der Waals surface area contributed by atoms with Gasteiger partial charge in [0.15, 0.2) is 0 Å². The van der Waals surface area contributed by atoms with Gasteiger partial charge in [-0.2, -0.15) is 5.10 Å². The summed E-state index contributed by atoms with van der Waals surface area (Å²) in [5, 5.41) is 4.59. The molecule has 3 aromatic rings. The fourth-order valence-electron chi connectivity index (χ4n) is 2.46. The summed E-state index contributed by atoms with van der Waals surface area (Å²) >= 11 is 11.8. The Bertz CT molecular complexity index is 1080. The van der Waals surface area contributed by atoms with Crippen molar-refractivity contribution < 1.29 is 14.3 Å². The molecule has 1 amide bonds. The first-order valence-electron chi connectivity index (χ1n) is 8.60. The largest absolute Gasteiger partial charge is 0.423 e. The van der Waals surface area contributed by atoms with E-state index in [2.05, 4.69) is 10.5 Å². The first kappa shape index (κ1) is 20.6. The summed E-state index contributed by atoms with van der Waals surface area (Å²) in [4.78, 5) is 24.3. The summed E-state index contributed by atoms with van der Waals surface area (Å²) in [5.74, 6) is -0.473. The lowest BCUT2D eigenvalue weighted by molar-refractivity contribution is 0.0734. The van der Waals surface area contributed by atoms with E-state index in [-0.39, 0.29) is 10.6 Å². The molecule has 0 saturated carbocycles. The van der Waals surface area contributed by atoms with E-state index in [1.165, 1.54) is 18.3 Å². The van der Waals surface area contributed by atoms with Gasteiger partial charge in [0, 0.05) is 5.02 Å². The van der Waals surface area contributed by atoms with Crippen LogP contribution in [-0.2, 0) is 0 Å². The Morgan fingerprint density at radius 1 is 1.00 bits per heavy atom. The highest BCUT2D eigenvalue weighted by Gasteiger charge is 2.10. The maximum atomic E-state index is 12.2. The SMILES string of the molecule is Cc1cccc(C(=O)Oc2ccc(/C=N\NC(=O)c3ccc(Cl)cc3Cl)cc2)c1. The third-order valence-electron chi connectivity index (χ3n) is 3.90. The highest BCUT2D eigenvalue weighted by molar-refractivity contribution is 6.36. The quantitative estimate of drug-likeness (QED) is 0.261. The number of nitrogens with zero attached hydrogens (tertiary/aromatic N) is 1. The number of benzene rings is 3. The topological polar surface area (TPSA) is 67.8 Å². The van der Waals surface area contributed by atoms with Crippen LogP contribution in [0.15, 0.2) is 71.8 Å². The minimum atomic E-state index is -0.452. The Balaban J connectivity index is 1.58. The average Bonchev–Trinajstić information content (AvgIpc) is 2.69. The second kappa shape index (κ2) is 9.37. The molecule has 0 saturated heterocycles. The van der Waals surface area contributed by atoms with E-state index in [0.29, 0.717) is 21.9 Å².